The SMILES string of the molecule is CCN=C(C=N)c1ccc(S(=O)(=O)C(C)C)cc1. The molecule has 0 spiro atoms. The first kappa shape index (κ1) is 14.6. The van der Waals surface area contributed by atoms with E-state index >= 15 is 0 Å². The van der Waals surface area contributed by atoms with Crippen LogP contribution >= 0.6 is 0 Å². The van der Waals surface area contributed by atoms with Crippen molar-refractivity contribution in [3.05, 3.63) is 29.8 Å². The second-order valence-corrected chi connectivity index (χ2v) is 6.63. The van der Waals surface area contributed by atoms with Crippen LogP contribution in [0.25, 0.3) is 0 Å². The van der Waals surface area contributed by atoms with Crippen molar-refractivity contribution in [2.45, 2.75) is 30.9 Å². The molecule has 0 aliphatic rings. The maximum absolute atomic E-state index is 11.9. The molecule has 1 N–H and O–H groups in total. The molecule has 0 radical (unpaired) electrons. The van der Waals surface area contributed by atoms with Crippen molar-refractivity contribution >= 4 is 21.8 Å². The third-order valence-electron chi connectivity index (χ3n) is 2.56. The Hall–Kier alpha value is -1.49. The first-order chi connectivity index (χ1) is 8.43. The van der Waals surface area contributed by atoms with E-state index in [1.54, 1.807) is 38.1 Å². The fourth-order valence-electron chi connectivity index (χ4n) is 1.48. The Bertz CT molecular complexity index is 543. The van der Waals surface area contributed by atoms with E-state index in [1.807, 2.05) is 6.92 Å². The fraction of sp³-hybridized carbons (Fsp3) is 0.385. The van der Waals surface area contributed by atoms with Crippen LogP contribution in [0.2, 0.25) is 0 Å². The molecule has 5 heteroatoms. The van der Waals surface area contributed by atoms with Crippen LogP contribution in [0.5, 0.6) is 0 Å². The van der Waals surface area contributed by atoms with Crippen molar-refractivity contribution in [1.82, 2.24) is 0 Å². The highest BCUT2D eigenvalue weighted by atomic mass is 32.2. The Morgan fingerprint density at radius 2 is 1.89 bits per heavy atom. The molecule has 1 aromatic rings. The second-order valence-electron chi connectivity index (χ2n) is 4.12. The molecule has 0 aliphatic carbocycles. The predicted octanol–water partition coefficient (Wildman–Crippen LogP) is 2.33. The molecular weight excluding hydrogens is 248 g/mol. The van der Waals surface area contributed by atoms with Gasteiger partial charge in [0.05, 0.1) is 15.9 Å². The van der Waals surface area contributed by atoms with Gasteiger partial charge in [0, 0.05) is 18.3 Å². The second kappa shape index (κ2) is 5.91. The normalized spacial score (nSPS) is 12.8. The lowest BCUT2D eigenvalue weighted by Crippen LogP contribution is -2.14. The lowest BCUT2D eigenvalue weighted by molar-refractivity contribution is 0.587. The number of benzene rings is 1. The number of sulfone groups is 1. The number of nitrogens with one attached hydrogen (secondary N) is 1. The van der Waals surface area contributed by atoms with E-state index in [0.717, 1.165) is 5.56 Å². The van der Waals surface area contributed by atoms with Crippen LogP contribution in [0, 0.1) is 5.41 Å². The van der Waals surface area contributed by atoms with Crippen LogP contribution in [0.4, 0.5) is 0 Å². The molecule has 0 aromatic heterocycles. The average molecular weight is 266 g/mol. The van der Waals surface area contributed by atoms with E-state index in [1.165, 1.54) is 6.21 Å². The van der Waals surface area contributed by atoms with Crippen molar-refractivity contribution < 1.29 is 8.42 Å². The molecule has 98 valence electrons. The predicted molar refractivity (Wildman–Crippen MR) is 74.6 cm³/mol. The third kappa shape index (κ3) is 3.04. The van der Waals surface area contributed by atoms with E-state index < -0.39 is 15.1 Å². The molecule has 0 fully saturated rings. The summed E-state index contributed by atoms with van der Waals surface area (Å²) in [5, 5.41) is 6.84. The van der Waals surface area contributed by atoms with Gasteiger partial charge in [-0.1, -0.05) is 12.1 Å². The minimum atomic E-state index is -3.24. The highest BCUT2D eigenvalue weighted by Crippen LogP contribution is 2.16. The van der Waals surface area contributed by atoms with Gasteiger partial charge in [-0.05, 0) is 32.9 Å². The van der Waals surface area contributed by atoms with Crippen LogP contribution < -0.4 is 0 Å². The van der Waals surface area contributed by atoms with E-state index in [0.29, 0.717) is 17.2 Å². The molecule has 0 bridgehead atoms. The van der Waals surface area contributed by atoms with Crippen molar-refractivity contribution in [3.8, 4) is 0 Å². The van der Waals surface area contributed by atoms with Gasteiger partial charge >= 0.3 is 0 Å². The smallest absolute Gasteiger partial charge is 0.180 e. The Morgan fingerprint density at radius 3 is 2.28 bits per heavy atom. The molecule has 1 rings (SSSR count). The molecule has 0 unspecified atom stereocenters. The molecule has 18 heavy (non-hydrogen) atoms. The molecule has 0 heterocycles. The first-order valence-corrected chi connectivity index (χ1v) is 7.37. The number of hydrogen-bond donors (Lipinski definition) is 1. The zero-order chi connectivity index (χ0) is 13.8. The van der Waals surface area contributed by atoms with Crippen molar-refractivity contribution in [1.29, 1.82) is 5.41 Å². The van der Waals surface area contributed by atoms with E-state index in [-0.39, 0.29) is 0 Å². The first-order valence-electron chi connectivity index (χ1n) is 5.82. The van der Waals surface area contributed by atoms with Gasteiger partial charge in [0.1, 0.15) is 0 Å². The van der Waals surface area contributed by atoms with Crippen LogP contribution in [0.15, 0.2) is 34.2 Å². The summed E-state index contributed by atoms with van der Waals surface area (Å²) in [6, 6.07) is 6.52. The lowest BCUT2D eigenvalue weighted by Gasteiger charge is -2.08. The average Bonchev–Trinajstić information content (AvgIpc) is 2.36. The van der Waals surface area contributed by atoms with Crippen molar-refractivity contribution in [2.24, 2.45) is 4.99 Å². The largest absolute Gasteiger partial charge is 0.306 e. The van der Waals surface area contributed by atoms with E-state index in [4.69, 9.17) is 5.41 Å². The van der Waals surface area contributed by atoms with Crippen LogP contribution in [-0.4, -0.2) is 32.1 Å². The number of aliphatic imine (C=N–C) groups is 1. The standard InChI is InChI=1S/C13H18N2O2S/c1-4-15-13(9-14)11-5-7-12(8-6-11)18(16,17)10(2)3/h5-10,14H,4H2,1-3H3. The maximum Gasteiger partial charge on any atom is 0.180 e. The van der Waals surface area contributed by atoms with Crippen molar-refractivity contribution in [2.75, 3.05) is 6.54 Å². The highest BCUT2D eigenvalue weighted by Gasteiger charge is 2.18. The topological polar surface area (TPSA) is 70.3 Å². The lowest BCUT2D eigenvalue weighted by atomic mass is 10.1. The molecule has 4 nitrogen and oxygen atoms in total. The van der Waals surface area contributed by atoms with Crippen LogP contribution in [-0.2, 0) is 9.84 Å². The maximum atomic E-state index is 11.9. The highest BCUT2D eigenvalue weighted by molar-refractivity contribution is 7.92. The Labute approximate surface area is 108 Å². The summed E-state index contributed by atoms with van der Waals surface area (Å²) >= 11 is 0. The monoisotopic (exact) mass is 266 g/mol. The number of rotatable bonds is 5. The van der Waals surface area contributed by atoms with Gasteiger partial charge in [0.2, 0.25) is 0 Å². The molecule has 0 saturated carbocycles. The van der Waals surface area contributed by atoms with Gasteiger partial charge in [-0.2, -0.15) is 0 Å². The zero-order valence-electron chi connectivity index (χ0n) is 10.8. The minimum Gasteiger partial charge on any atom is -0.306 e. The Balaban J connectivity index is 3.15. The molecule has 0 saturated heterocycles. The van der Waals surface area contributed by atoms with Gasteiger partial charge in [-0.3, -0.25) is 4.99 Å². The van der Waals surface area contributed by atoms with Gasteiger partial charge in [-0.15, -0.1) is 0 Å². The summed E-state index contributed by atoms with van der Waals surface area (Å²) in [5.41, 5.74) is 1.32. The van der Waals surface area contributed by atoms with Crippen LogP contribution in [0.1, 0.15) is 26.3 Å². The zero-order valence-corrected chi connectivity index (χ0v) is 11.7. The Morgan fingerprint density at radius 1 is 1.33 bits per heavy atom. The van der Waals surface area contributed by atoms with Crippen molar-refractivity contribution in [3.63, 3.8) is 0 Å². The molecule has 0 atom stereocenters. The van der Waals surface area contributed by atoms with Gasteiger partial charge in [0.25, 0.3) is 0 Å². The molecular formula is C13H18N2O2S. The summed E-state index contributed by atoms with van der Waals surface area (Å²) in [5.74, 6) is 0. The van der Waals surface area contributed by atoms with Crippen LogP contribution in [0.3, 0.4) is 0 Å². The molecule has 1 aromatic carbocycles. The number of hydrogen-bond acceptors (Lipinski definition) is 4. The summed E-state index contributed by atoms with van der Waals surface area (Å²) in [6.45, 7) is 5.80. The third-order valence-corrected chi connectivity index (χ3v) is 4.73. The fourth-order valence-corrected chi connectivity index (χ4v) is 2.54. The van der Waals surface area contributed by atoms with Gasteiger partial charge in [0.15, 0.2) is 9.84 Å². The van der Waals surface area contributed by atoms with Gasteiger partial charge in [-0.25, -0.2) is 8.42 Å². The quantitative estimate of drug-likeness (QED) is 0.831. The van der Waals surface area contributed by atoms with Gasteiger partial charge < -0.3 is 5.41 Å². The summed E-state index contributed by atoms with van der Waals surface area (Å²) in [6.07, 6.45) is 1.18. The Kier molecular flexibility index (Phi) is 4.78. The summed E-state index contributed by atoms with van der Waals surface area (Å²) < 4.78 is 23.9. The molecule has 0 amide bonds. The van der Waals surface area contributed by atoms with E-state index in [9.17, 15) is 8.42 Å². The minimum absolute atomic E-state index is 0.307. The van der Waals surface area contributed by atoms with E-state index in [2.05, 4.69) is 4.99 Å². The molecule has 0 aliphatic heterocycles. The summed E-state index contributed by atoms with van der Waals surface area (Å²) in [7, 11) is -3.24. The summed E-state index contributed by atoms with van der Waals surface area (Å²) in [4.78, 5) is 4.47. The number of nitrogens with zero attached hydrogens (tertiary/aromatic N) is 1.